The minimum atomic E-state index is -0.568. The lowest BCUT2D eigenvalue weighted by Crippen LogP contribution is -2.44. The minimum absolute atomic E-state index is 0.0986. The Labute approximate surface area is 127 Å². The SMILES string of the molecule is Cc1ccc(OCC(O)CNC2CCCCCC2O)cc1. The van der Waals surface area contributed by atoms with Crippen molar-refractivity contribution in [2.45, 2.75) is 57.3 Å². The van der Waals surface area contributed by atoms with E-state index in [2.05, 4.69) is 5.32 Å². The van der Waals surface area contributed by atoms with Crippen LogP contribution in [-0.2, 0) is 0 Å². The summed E-state index contributed by atoms with van der Waals surface area (Å²) in [4.78, 5) is 0. The maximum absolute atomic E-state index is 10.0. The summed E-state index contributed by atoms with van der Waals surface area (Å²) < 4.78 is 5.56. The molecule has 118 valence electrons. The van der Waals surface area contributed by atoms with Crippen LogP contribution in [0.2, 0.25) is 0 Å². The highest BCUT2D eigenvalue weighted by molar-refractivity contribution is 5.26. The fourth-order valence-corrected chi connectivity index (χ4v) is 2.70. The number of benzene rings is 1. The van der Waals surface area contributed by atoms with Crippen molar-refractivity contribution >= 4 is 0 Å². The van der Waals surface area contributed by atoms with E-state index < -0.39 is 6.10 Å². The van der Waals surface area contributed by atoms with Crippen molar-refractivity contribution < 1.29 is 14.9 Å². The molecule has 0 spiro atoms. The average molecular weight is 293 g/mol. The summed E-state index contributed by atoms with van der Waals surface area (Å²) in [6.07, 6.45) is 4.40. The predicted octanol–water partition coefficient (Wildman–Crippen LogP) is 2.02. The Morgan fingerprint density at radius 2 is 1.90 bits per heavy atom. The van der Waals surface area contributed by atoms with Gasteiger partial charge in [-0.25, -0.2) is 0 Å². The lowest BCUT2D eigenvalue weighted by molar-refractivity contribution is 0.0820. The second-order valence-electron chi connectivity index (χ2n) is 6.00. The molecule has 2 rings (SSSR count). The number of hydrogen-bond acceptors (Lipinski definition) is 4. The topological polar surface area (TPSA) is 61.7 Å². The zero-order chi connectivity index (χ0) is 15.1. The van der Waals surface area contributed by atoms with E-state index in [-0.39, 0.29) is 18.8 Å². The summed E-state index contributed by atoms with van der Waals surface area (Å²) in [5.41, 5.74) is 1.19. The Bertz CT molecular complexity index is 407. The van der Waals surface area contributed by atoms with Crippen LogP contribution in [0.5, 0.6) is 5.75 Å². The summed E-state index contributed by atoms with van der Waals surface area (Å²) >= 11 is 0. The van der Waals surface area contributed by atoms with Gasteiger partial charge >= 0.3 is 0 Å². The van der Waals surface area contributed by atoms with Gasteiger partial charge in [-0.3, -0.25) is 0 Å². The zero-order valence-corrected chi connectivity index (χ0v) is 12.8. The Morgan fingerprint density at radius 3 is 2.67 bits per heavy atom. The number of rotatable bonds is 6. The molecule has 0 aromatic heterocycles. The number of aliphatic hydroxyl groups is 2. The Hall–Kier alpha value is -1.10. The van der Waals surface area contributed by atoms with Gasteiger partial charge in [-0.05, 0) is 31.9 Å². The van der Waals surface area contributed by atoms with Crippen molar-refractivity contribution in [3.63, 3.8) is 0 Å². The van der Waals surface area contributed by atoms with Crippen molar-refractivity contribution in [1.82, 2.24) is 5.32 Å². The molecule has 1 fully saturated rings. The van der Waals surface area contributed by atoms with Gasteiger partial charge in [0, 0.05) is 12.6 Å². The van der Waals surface area contributed by atoms with Gasteiger partial charge in [0.15, 0.2) is 0 Å². The Morgan fingerprint density at radius 1 is 1.19 bits per heavy atom. The summed E-state index contributed by atoms with van der Waals surface area (Å²) in [5, 5.41) is 23.3. The van der Waals surface area contributed by atoms with Gasteiger partial charge in [-0.2, -0.15) is 0 Å². The summed E-state index contributed by atoms with van der Waals surface area (Å²) in [5.74, 6) is 0.772. The van der Waals surface area contributed by atoms with Crippen LogP contribution in [-0.4, -0.2) is 41.6 Å². The van der Waals surface area contributed by atoms with Gasteiger partial charge in [0.25, 0.3) is 0 Å². The van der Waals surface area contributed by atoms with Crippen LogP contribution in [0.15, 0.2) is 24.3 Å². The second-order valence-corrected chi connectivity index (χ2v) is 6.00. The molecule has 1 aromatic rings. The highest BCUT2D eigenvalue weighted by atomic mass is 16.5. The molecule has 0 heterocycles. The average Bonchev–Trinajstić information content (AvgIpc) is 2.69. The van der Waals surface area contributed by atoms with Crippen LogP contribution in [0.4, 0.5) is 0 Å². The minimum Gasteiger partial charge on any atom is -0.491 e. The third-order valence-corrected chi connectivity index (χ3v) is 4.06. The van der Waals surface area contributed by atoms with E-state index in [0.29, 0.717) is 6.54 Å². The van der Waals surface area contributed by atoms with E-state index in [1.807, 2.05) is 31.2 Å². The molecule has 1 saturated carbocycles. The van der Waals surface area contributed by atoms with E-state index in [1.165, 1.54) is 12.0 Å². The predicted molar refractivity (Wildman–Crippen MR) is 83.6 cm³/mol. The molecule has 0 saturated heterocycles. The van der Waals surface area contributed by atoms with Crippen LogP contribution in [0.1, 0.15) is 37.7 Å². The number of aliphatic hydroxyl groups excluding tert-OH is 2. The molecule has 0 radical (unpaired) electrons. The molecular formula is C17H27NO3. The number of aryl methyl sites for hydroxylation is 1. The van der Waals surface area contributed by atoms with Crippen LogP contribution in [0.3, 0.4) is 0 Å². The summed E-state index contributed by atoms with van der Waals surface area (Å²) in [6.45, 7) is 2.74. The third-order valence-electron chi connectivity index (χ3n) is 4.06. The molecule has 21 heavy (non-hydrogen) atoms. The highest BCUT2D eigenvalue weighted by Crippen LogP contribution is 2.18. The van der Waals surface area contributed by atoms with Crippen LogP contribution in [0, 0.1) is 6.92 Å². The molecule has 0 aliphatic heterocycles. The van der Waals surface area contributed by atoms with Crippen molar-refractivity contribution in [2.75, 3.05) is 13.2 Å². The number of hydrogen-bond donors (Lipinski definition) is 3. The van der Waals surface area contributed by atoms with E-state index in [4.69, 9.17) is 4.74 Å². The van der Waals surface area contributed by atoms with Gasteiger partial charge < -0.3 is 20.3 Å². The van der Waals surface area contributed by atoms with Gasteiger partial charge in [0.05, 0.1) is 6.10 Å². The van der Waals surface area contributed by atoms with Gasteiger partial charge in [0.1, 0.15) is 18.5 Å². The molecular weight excluding hydrogens is 266 g/mol. The fourth-order valence-electron chi connectivity index (χ4n) is 2.70. The lowest BCUT2D eigenvalue weighted by atomic mass is 10.1. The third kappa shape index (κ3) is 5.65. The monoisotopic (exact) mass is 293 g/mol. The fraction of sp³-hybridized carbons (Fsp3) is 0.647. The summed E-state index contributed by atoms with van der Waals surface area (Å²) in [7, 11) is 0. The maximum atomic E-state index is 10.0. The van der Waals surface area contributed by atoms with Crippen molar-refractivity contribution in [3.8, 4) is 5.75 Å². The zero-order valence-electron chi connectivity index (χ0n) is 12.8. The van der Waals surface area contributed by atoms with Crippen LogP contribution in [0.25, 0.3) is 0 Å². The van der Waals surface area contributed by atoms with Crippen LogP contribution >= 0.6 is 0 Å². The van der Waals surface area contributed by atoms with E-state index >= 15 is 0 Å². The number of nitrogens with one attached hydrogen (secondary N) is 1. The first-order valence-electron chi connectivity index (χ1n) is 7.94. The molecule has 4 nitrogen and oxygen atoms in total. The van der Waals surface area contributed by atoms with Gasteiger partial charge in [-0.1, -0.05) is 37.0 Å². The molecule has 3 atom stereocenters. The quantitative estimate of drug-likeness (QED) is 0.702. The largest absolute Gasteiger partial charge is 0.491 e. The van der Waals surface area contributed by atoms with E-state index in [1.54, 1.807) is 0 Å². The first-order valence-corrected chi connectivity index (χ1v) is 7.94. The molecule has 3 unspecified atom stereocenters. The van der Waals surface area contributed by atoms with Gasteiger partial charge in [0.2, 0.25) is 0 Å². The maximum Gasteiger partial charge on any atom is 0.119 e. The molecule has 4 heteroatoms. The molecule has 3 N–H and O–H groups in total. The standard InChI is InChI=1S/C17H27NO3/c1-13-7-9-15(10-8-13)21-12-14(19)11-18-16-5-3-2-4-6-17(16)20/h7-10,14,16-20H,2-6,11-12H2,1H3. The van der Waals surface area contributed by atoms with E-state index in [9.17, 15) is 10.2 Å². The van der Waals surface area contributed by atoms with Gasteiger partial charge in [-0.15, -0.1) is 0 Å². The molecule has 1 aromatic carbocycles. The normalized spacial score (nSPS) is 24.3. The molecule has 0 bridgehead atoms. The highest BCUT2D eigenvalue weighted by Gasteiger charge is 2.21. The Balaban J connectivity index is 1.69. The Kier molecular flexibility index (Phi) is 6.49. The smallest absolute Gasteiger partial charge is 0.119 e. The second kappa shape index (κ2) is 8.37. The molecule has 1 aliphatic carbocycles. The van der Waals surface area contributed by atoms with E-state index in [0.717, 1.165) is 31.4 Å². The molecule has 0 amide bonds. The van der Waals surface area contributed by atoms with Crippen LogP contribution < -0.4 is 10.1 Å². The van der Waals surface area contributed by atoms with Crippen molar-refractivity contribution in [3.05, 3.63) is 29.8 Å². The van der Waals surface area contributed by atoms with Crippen molar-refractivity contribution in [2.24, 2.45) is 0 Å². The molecule has 1 aliphatic rings. The summed E-state index contributed by atoms with van der Waals surface area (Å²) in [6, 6.07) is 7.89. The first kappa shape index (κ1) is 16.3. The first-order chi connectivity index (χ1) is 10.1. The van der Waals surface area contributed by atoms with Crippen molar-refractivity contribution in [1.29, 1.82) is 0 Å². The lowest BCUT2D eigenvalue weighted by Gasteiger charge is -2.23. The number of ether oxygens (including phenoxy) is 1.